The fourth-order valence-electron chi connectivity index (χ4n) is 0.931. The highest BCUT2D eigenvalue weighted by Gasteiger charge is 2.69. The lowest BCUT2D eigenvalue weighted by Crippen LogP contribution is -2.06. The van der Waals surface area contributed by atoms with Crippen LogP contribution in [0.1, 0.15) is 6.92 Å². The second-order valence-corrected chi connectivity index (χ2v) is 2.24. The summed E-state index contributed by atoms with van der Waals surface area (Å²) in [5, 5.41) is 0. The lowest BCUT2D eigenvalue weighted by atomic mass is 10.5. The lowest BCUT2D eigenvalue weighted by Gasteiger charge is -1.95. The van der Waals surface area contributed by atoms with E-state index in [1.165, 1.54) is 13.1 Å². The molecule has 0 unspecified atom stereocenters. The van der Waals surface area contributed by atoms with Gasteiger partial charge in [0.1, 0.15) is 5.72 Å². The van der Waals surface area contributed by atoms with Gasteiger partial charge in [-0.15, -0.1) is 0 Å². The fourth-order valence-corrected chi connectivity index (χ4v) is 0.931. The zero-order valence-electron chi connectivity index (χ0n) is 4.48. The fraction of sp³-hybridized carbons (Fsp3) is 1.00. The van der Waals surface area contributed by atoms with Gasteiger partial charge in [0, 0.05) is 19.7 Å². The Kier molecular flexibility index (Phi) is 0.474. The smallest absolute Gasteiger partial charge is 0.147 e. The van der Waals surface area contributed by atoms with E-state index in [0.29, 0.717) is 5.72 Å². The molecular weight excluding hydrogens is 90.1 g/mol. The van der Waals surface area contributed by atoms with Crippen molar-refractivity contribution in [1.29, 1.82) is 0 Å². The summed E-state index contributed by atoms with van der Waals surface area (Å²) in [6.45, 7) is 5.31. The van der Waals surface area contributed by atoms with Crippen molar-refractivity contribution in [2.45, 2.75) is 12.6 Å². The highest BCUT2D eigenvalue weighted by molar-refractivity contribution is 5.17. The van der Waals surface area contributed by atoms with Crippen LogP contribution in [0.2, 0.25) is 0 Å². The largest absolute Gasteiger partial charge is 0.358 e. The first-order valence-electron chi connectivity index (χ1n) is 2.76. The first kappa shape index (κ1) is 3.87. The first-order valence-corrected chi connectivity index (χ1v) is 2.76. The topological polar surface area (TPSA) is 12.2 Å². The summed E-state index contributed by atoms with van der Waals surface area (Å²) < 4.78 is 5.34. The summed E-state index contributed by atoms with van der Waals surface area (Å²) in [6, 6.07) is 0. The number of hydrogen-bond acceptors (Lipinski definition) is 2. The first-order chi connectivity index (χ1) is 3.37. The van der Waals surface area contributed by atoms with Gasteiger partial charge in [0.05, 0.1) is 0 Å². The lowest BCUT2D eigenvalue weighted by molar-refractivity contribution is 0.0928. The van der Waals surface area contributed by atoms with Crippen LogP contribution in [0.25, 0.3) is 0 Å². The zero-order chi connectivity index (χ0) is 4.91. The minimum atomic E-state index is 0.300. The van der Waals surface area contributed by atoms with E-state index in [9.17, 15) is 0 Å². The SMILES string of the molecule is CCOC12CN1C2. The molecule has 0 spiro atoms. The van der Waals surface area contributed by atoms with Crippen LogP contribution in [0, 0.1) is 0 Å². The predicted molar refractivity (Wildman–Crippen MR) is 25.9 cm³/mol. The maximum absolute atomic E-state index is 5.34. The van der Waals surface area contributed by atoms with E-state index in [1.54, 1.807) is 0 Å². The normalized spacial score (nSPS) is 53.6. The summed E-state index contributed by atoms with van der Waals surface area (Å²) in [5.41, 5.74) is 0.300. The van der Waals surface area contributed by atoms with Crippen LogP contribution in [0.15, 0.2) is 0 Å². The van der Waals surface area contributed by atoms with Gasteiger partial charge in [-0.1, -0.05) is 0 Å². The molecule has 40 valence electrons. The van der Waals surface area contributed by atoms with E-state index in [1.807, 2.05) is 6.92 Å². The van der Waals surface area contributed by atoms with E-state index >= 15 is 0 Å². The van der Waals surface area contributed by atoms with Gasteiger partial charge in [-0.05, 0) is 6.92 Å². The minimum absolute atomic E-state index is 0.300. The van der Waals surface area contributed by atoms with Gasteiger partial charge in [-0.2, -0.15) is 0 Å². The molecular formula is C5H9NO. The van der Waals surface area contributed by atoms with Crippen molar-refractivity contribution >= 4 is 0 Å². The summed E-state index contributed by atoms with van der Waals surface area (Å²) in [5.74, 6) is 0. The third kappa shape index (κ3) is 0.359. The highest BCUT2D eigenvalue weighted by Crippen LogP contribution is 2.49. The van der Waals surface area contributed by atoms with Crippen LogP contribution in [0.5, 0.6) is 0 Å². The second kappa shape index (κ2) is 0.858. The minimum Gasteiger partial charge on any atom is -0.358 e. The predicted octanol–water partition coefficient (Wildman–Crippen LogP) is 0.0484. The molecule has 0 radical (unpaired) electrons. The third-order valence-electron chi connectivity index (χ3n) is 1.66. The maximum atomic E-state index is 5.34. The molecule has 0 N–H and O–H groups in total. The Morgan fingerprint density at radius 2 is 2.29 bits per heavy atom. The van der Waals surface area contributed by atoms with Crippen molar-refractivity contribution in [2.24, 2.45) is 0 Å². The molecule has 0 aromatic rings. The number of fused-ring (bicyclic) bond motifs is 1. The van der Waals surface area contributed by atoms with Crippen LogP contribution in [0.3, 0.4) is 0 Å². The van der Waals surface area contributed by atoms with Crippen molar-refractivity contribution in [2.75, 3.05) is 19.7 Å². The molecule has 2 aliphatic rings. The van der Waals surface area contributed by atoms with Crippen molar-refractivity contribution < 1.29 is 4.74 Å². The molecule has 2 nitrogen and oxygen atoms in total. The Labute approximate surface area is 43.1 Å². The van der Waals surface area contributed by atoms with Gasteiger partial charge in [-0.25, -0.2) is 0 Å². The number of rotatable bonds is 2. The molecule has 0 bridgehead atoms. The second-order valence-electron chi connectivity index (χ2n) is 2.24. The molecule has 2 heterocycles. The van der Waals surface area contributed by atoms with Crippen LogP contribution in [-0.2, 0) is 4.74 Å². The Hall–Kier alpha value is -0.0800. The molecule has 0 aromatic heterocycles. The standard InChI is InChI=1S/C5H9NO/c1-2-7-5-3-6(5)4-5/h2-4H2,1H3. The highest BCUT2D eigenvalue weighted by atomic mass is 16.6. The average molecular weight is 99.1 g/mol. The zero-order valence-corrected chi connectivity index (χ0v) is 4.48. The molecule has 2 saturated heterocycles. The molecule has 0 amide bonds. The Balaban J connectivity index is 1.87. The Morgan fingerprint density at radius 1 is 1.71 bits per heavy atom. The Morgan fingerprint density at radius 3 is 2.43 bits per heavy atom. The molecule has 2 aliphatic heterocycles. The van der Waals surface area contributed by atoms with Gasteiger partial charge in [0.2, 0.25) is 0 Å². The van der Waals surface area contributed by atoms with Crippen molar-refractivity contribution in [3.05, 3.63) is 0 Å². The Bertz CT molecular complexity index is 96.3. The van der Waals surface area contributed by atoms with E-state index in [2.05, 4.69) is 4.90 Å². The van der Waals surface area contributed by atoms with Gasteiger partial charge >= 0.3 is 0 Å². The molecule has 0 aliphatic carbocycles. The van der Waals surface area contributed by atoms with Crippen LogP contribution in [0.4, 0.5) is 0 Å². The van der Waals surface area contributed by atoms with E-state index in [-0.39, 0.29) is 0 Å². The molecule has 7 heavy (non-hydrogen) atoms. The molecule has 0 saturated carbocycles. The average Bonchev–Trinajstić information content (AvgIpc) is 2.22. The molecule has 0 aromatic carbocycles. The van der Waals surface area contributed by atoms with Crippen molar-refractivity contribution in [3.8, 4) is 0 Å². The summed E-state index contributed by atoms with van der Waals surface area (Å²) in [7, 11) is 0. The molecule has 2 fully saturated rings. The van der Waals surface area contributed by atoms with Gasteiger partial charge in [0.15, 0.2) is 0 Å². The van der Waals surface area contributed by atoms with Crippen molar-refractivity contribution in [1.82, 2.24) is 4.90 Å². The monoisotopic (exact) mass is 99.1 g/mol. The quantitative estimate of drug-likeness (QED) is 0.453. The molecule has 2 heteroatoms. The van der Waals surface area contributed by atoms with Crippen LogP contribution >= 0.6 is 0 Å². The van der Waals surface area contributed by atoms with E-state index < -0.39 is 0 Å². The maximum Gasteiger partial charge on any atom is 0.147 e. The molecule has 2 rings (SSSR count). The van der Waals surface area contributed by atoms with E-state index in [0.717, 1.165) is 6.61 Å². The third-order valence-corrected chi connectivity index (χ3v) is 1.66. The summed E-state index contributed by atoms with van der Waals surface area (Å²) >= 11 is 0. The van der Waals surface area contributed by atoms with Gasteiger partial charge in [0.25, 0.3) is 0 Å². The van der Waals surface area contributed by atoms with Crippen molar-refractivity contribution in [3.63, 3.8) is 0 Å². The van der Waals surface area contributed by atoms with Crippen LogP contribution in [-0.4, -0.2) is 30.3 Å². The molecule has 0 atom stereocenters. The summed E-state index contributed by atoms with van der Waals surface area (Å²) in [6.07, 6.45) is 0. The number of ether oxygens (including phenoxy) is 1. The number of hydrogen-bond donors (Lipinski definition) is 0. The summed E-state index contributed by atoms with van der Waals surface area (Å²) in [4.78, 5) is 2.30. The van der Waals surface area contributed by atoms with Gasteiger partial charge in [-0.3, -0.25) is 4.90 Å². The van der Waals surface area contributed by atoms with Gasteiger partial charge < -0.3 is 4.74 Å². The van der Waals surface area contributed by atoms with E-state index in [4.69, 9.17) is 4.74 Å². The van der Waals surface area contributed by atoms with Crippen LogP contribution < -0.4 is 0 Å². The number of nitrogens with zero attached hydrogens (tertiary/aromatic N) is 1.